The van der Waals surface area contributed by atoms with Gasteiger partial charge < -0.3 is 4.74 Å². The third kappa shape index (κ3) is 3.99. The third-order valence-corrected chi connectivity index (χ3v) is 6.96. The Balaban J connectivity index is 2.20. The quantitative estimate of drug-likeness (QED) is 0.508. The van der Waals surface area contributed by atoms with Crippen LogP contribution in [0.25, 0.3) is 0 Å². The molecule has 0 saturated carbocycles. The number of halogens is 2. The maximum absolute atomic E-state index is 13.5. The van der Waals surface area contributed by atoms with Crippen molar-refractivity contribution in [2.45, 2.75) is 35.7 Å². The Kier molecular flexibility index (Phi) is 6.22. The Labute approximate surface area is 180 Å². The average Bonchev–Trinajstić information content (AvgIpc) is 3.09. The molecule has 0 N–H and O–H groups in total. The van der Waals surface area contributed by atoms with Gasteiger partial charge in [0, 0.05) is 0 Å². The molecule has 0 saturated heterocycles. The van der Waals surface area contributed by atoms with Crippen LogP contribution in [-0.2, 0) is 19.6 Å². The number of esters is 1. The lowest BCUT2D eigenvalue weighted by molar-refractivity contribution is -0.144. The number of aryl methyl sites for hydroxylation is 2. The monoisotopic (exact) mass is 454 g/mol. The van der Waals surface area contributed by atoms with Gasteiger partial charge in [0.05, 0.1) is 12.0 Å². The molecule has 2 aromatic rings. The zero-order valence-corrected chi connectivity index (χ0v) is 18.4. The number of aliphatic imine (C=N–C) groups is 1. The van der Waals surface area contributed by atoms with Crippen LogP contribution in [0.4, 0.5) is 0 Å². The number of hydrogen-bond acceptors (Lipinski definition) is 5. The van der Waals surface area contributed by atoms with Gasteiger partial charge in [0.1, 0.15) is 11.9 Å². The smallest absolute Gasteiger partial charge is 0.332 e. The summed E-state index contributed by atoms with van der Waals surface area (Å²) in [7, 11) is -2.98. The number of carbonyl (C=O) groups is 1. The van der Waals surface area contributed by atoms with Crippen LogP contribution in [0.5, 0.6) is 0 Å². The number of benzene rings is 2. The highest BCUT2D eigenvalue weighted by atomic mass is 35.5. The van der Waals surface area contributed by atoms with Gasteiger partial charge in [0.15, 0.2) is 10.9 Å². The normalized spacial score (nSPS) is 19.4. The van der Waals surface area contributed by atoms with Crippen molar-refractivity contribution in [3.8, 4) is 0 Å². The number of ether oxygens (including phenoxy) is 1. The van der Waals surface area contributed by atoms with E-state index in [0.29, 0.717) is 5.56 Å². The molecule has 29 heavy (non-hydrogen) atoms. The molecule has 1 aliphatic rings. The summed E-state index contributed by atoms with van der Waals surface area (Å²) in [5.74, 6) is -0.862. The van der Waals surface area contributed by atoms with E-state index < -0.39 is 32.9 Å². The third-order valence-electron chi connectivity index (χ3n) is 4.77. The number of methoxy groups -OCH3 is 1. The molecule has 2 atom stereocenters. The summed E-state index contributed by atoms with van der Waals surface area (Å²) in [6.45, 7) is 3.70. The van der Waals surface area contributed by atoms with Crippen molar-refractivity contribution in [1.29, 1.82) is 0 Å². The van der Waals surface area contributed by atoms with Gasteiger partial charge in [-0.1, -0.05) is 65.2 Å². The van der Waals surface area contributed by atoms with E-state index in [4.69, 9.17) is 27.9 Å². The van der Waals surface area contributed by atoms with Gasteiger partial charge in [-0.05, 0) is 37.1 Å². The van der Waals surface area contributed by atoms with E-state index >= 15 is 0 Å². The molecule has 3 rings (SSSR count). The summed E-state index contributed by atoms with van der Waals surface area (Å²) in [5.41, 5.74) is 2.44. The zero-order chi connectivity index (χ0) is 21.3. The Morgan fingerprint density at radius 1 is 1.10 bits per heavy atom. The lowest BCUT2D eigenvalue weighted by Crippen LogP contribution is -2.48. The maximum Gasteiger partial charge on any atom is 0.332 e. The first kappa shape index (κ1) is 21.6. The summed E-state index contributed by atoms with van der Waals surface area (Å²) in [6, 6.07) is 11.5. The number of amidine groups is 1. The predicted molar refractivity (Wildman–Crippen MR) is 113 cm³/mol. The predicted octanol–water partition coefficient (Wildman–Crippen LogP) is 3.79. The van der Waals surface area contributed by atoms with Gasteiger partial charge in [0.2, 0.25) is 0 Å². The summed E-state index contributed by atoms with van der Waals surface area (Å²) < 4.78 is 32.8. The zero-order valence-electron chi connectivity index (χ0n) is 16.0. The fourth-order valence-corrected chi connectivity index (χ4v) is 5.34. The number of rotatable bonds is 5. The first-order chi connectivity index (χ1) is 13.7. The fourth-order valence-electron chi connectivity index (χ4n) is 3.29. The highest BCUT2D eigenvalue weighted by Gasteiger charge is 2.50. The summed E-state index contributed by atoms with van der Waals surface area (Å²) in [4.78, 5) is 15.9. The van der Waals surface area contributed by atoms with E-state index in [2.05, 4.69) is 4.99 Å². The SMILES string of the molecule is COC(=O)[C@@H]1[C@@H](c2ccccc2C)N=C(C(Cl)Cl)N1S(=O)(=O)c1ccc(C)cc1. The van der Waals surface area contributed by atoms with Crippen molar-refractivity contribution < 1.29 is 17.9 Å². The lowest BCUT2D eigenvalue weighted by atomic mass is 9.97. The molecule has 0 unspecified atom stereocenters. The van der Waals surface area contributed by atoms with E-state index in [1.807, 2.05) is 26.0 Å². The minimum atomic E-state index is -4.17. The lowest BCUT2D eigenvalue weighted by Gasteiger charge is -2.28. The van der Waals surface area contributed by atoms with Crippen molar-refractivity contribution in [3.63, 3.8) is 0 Å². The molecule has 9 heteroatoms. The Morgan fingerprint density at radius 3 is 2.28 bits per heavy atom. The van der Waals surface area contributed by atoms with E-state index in [-0.39, 0.29) is 10.7 Å². The highest BCUT2D eigenvalue weighted by Crippen LogP contribution is 2.39. The van der Waals surface area contributed by atoms with Gasteiger partial charge in [-0.3, -0.25) is 4.99 Å². The Bertz CT molecular complexity index is 1050. The van der Waals surface area contributed by atoms with E-state index in [0.717, 1.165) is 15.4 Å². The van der Waals surface area contributed by atoms with Crippen LogP contribution in [0, 0.1) is 13.8 Å². The number of sulfonamides is 1. The van der Waals surface area contributed by atoms with Crippen LogP contribution in [0.15, 0.2) is 58.4 Å². The minimum absolute atomic E-state index is 0.00381. The fraction of sp³-hybridized carbons (Fsp3) is 0.300. The van der Waals surface area contributed by atoms with Crippen molar-refractivity contribution in [1.82, 2.24) is 4.31 Å². The largest absolute Gasteiger partial charge is 0.467 e. The molecule has 0 aliphatic carbocycles. The molecule has 2 aromatic carbocycles. The van der Waals surface area contributed by atoms with Crippen molar-refractivity contribution in [2.75, 3.05) is 7.11 Å². The van der Waals surface area contributed by atoms with Crippen LogP contribution in [0.2, 0.25) is 0 Å². The van der Waals surface area contributed by atoms with E-state index in [9.17, 15) is 13.2 Å². The van der Waals surface area contributed by atoms with Crippen molar-refractivity contribution >= 4 is 45.0 Å². The first-order valence-corrected chi connectivity index (χ1v) is 11.1. The molecule has 0 spiro atoms. The van der Waals surface area contributed by atoms with Crippen molar-refractivity contribution in [2.24, 2.45) is 4.99 Å². The standard InChI is InChI=1S/C20H20Cl2N2O4S/c1-12-8-10-14(11-9-12)29(26,27)24-17(20(25)28-3)16(23-19(24)18(21)22)15-7-5-4-6-13(15)2/h4-11,16-18H,1-3H3/t16-,17+/m1/s1. The minimum Gasteiger partial charge on any atom is -0.467 e. The summed E-state index contributed by atoms with van der Waals surface area (Å²) >= 11 is 12.2. The number of hydrogen-bond donors (Lipinski definition) is 0. The van der Waals surface area contributed by atoms with E-state index in [1.165, 1.54) is 19.2 Å². The second kappa shape index (κ2) is 8.34. The van der Waals surface area contributed by atoms with E-state index in [1.54, 1.807) is 24.3 Å². The molecule has 0 amide bonds. The summed E-state index contributed by atoms with van der Waals surface area (Å²) in [5, 5.41) is 0. The van der Waals surface area contributed by atoms with Gasteiger partial charge in [-0.25, -0.2) is 17.5 Å². The second-order valence-corrected chi connectivity index (χ2v) is 9.58. The topological polar surface area (TPSA) is 76.0 Å². The van der Waals surface area contributed by atoms with Crippen LogP contribution in [0.3, 0.4) is 0 Å². The molecule has 0 bridgehead atoms. The molecule has 0 fully saturated rings. The second-order valence-electron chi connectivity index (χ2n) is 6.67. The van der Waals surface area contributed by atoms with Gasteiger partial charge in [0.25, 0.3) is 10.0 Å². The Morgan fingerprint density at radius 2 is 1.72 bits per heavy atom. The molecule has 6 nitrogen and oxygen atoms in total. The molecule has 1 heterocycles. The van der Waals surface area contributed by atoms with Crippen LogP contribution in [-0.4, -0.2) is 42.5 Å². The maximum atomic E-state index is 13.5. The number of nitrogens with zero attached hydrogens (tertiary/aromatic N) is 2. The molecule has 0 radical (unpaired) electrons. The summed E-state index contributed by atoms with van der Waals surface area (Å²) in [6.07, 6.45) is 0. The van der Waals surface area contributed by atoms with Crippen molar-refractivity contribution in [3.05, 3.63) is 65.2 Å². The van der Waals surface area contributed by atoms with Crippen LogP contribution < -0.4 is 0 Å². The molecule has 1 aliphatic heterocycles. The Hall–Kier alpha value is -2.09. The van der Waals surface area contributed by atoms with Gasteiger partial charge in [-0.2, -0.15) is 0 Å². The molecule has 154 valence electrons. The number of carbonyl (C=O) groups excluding carboxylic acids is 1. The average molecular weight is 455 g/mol. The number of alkyl halides is 2. The van der Waals surface area contributed by atoms with Gasteiger partial charge in [-0.15, -0.1) is 0 Å². The highest BCUT2D eigenvalue weighted by molar-refractivity contribution is 7.89. The molecular weight excluding hydrogens is 435 g/mol. The van der Waals surface area contributed by atoms with Gasteiger partial charge >= 0.3 is 5.97 Å². The molecule has 0 aromatic heterocycles. The molecular formula is C20H20Cl2N2O4S. The van der Waals surface area contributed by atoms with Crippen LogP contribution >= 0.6 is 23.2 Å². The van der Waals surface area contributed by atoms with Crippen LogP contribution in [0.1, 0.15) is 22.7 Å². The first-order valence-electron chi connectivity index (χ1n) is 8.78.